The van der Waals surface area contributed by atoms with Crippen LogP contribution >= 0.6 is 0 Å². The van der Waals surface area contributed by atoms with E-state index in [1.807, 2.05) is 72.2 Å². The van der Waals surface area contributed by atoms with Crippen LogP contribution in [0.4, 0.5) is 0 Å². The summed E-state index contributed by atoms with van der Waals surface area (Å²) < 4.78 is 10.4. The predicted octanol–water partition coefficient (Wildman–Crippen LogP) is 7.02. The number of benzene rings is 2. The Morgan fingerprint density at radius 2 is 1.45 bits per heavy atom. The Bertz CT molecular complexity index is 2180. The molecule has 0 atom stereocenters. The van der Waals surface area contributed by atoms with Crippen molar-refractivity contribution >= 4 is 49.3 Å². The average molecular weight is 493 g/mol. The van der Waals surface area contributed by atoms with Crippen molar-refractivity contribution in [3.63, 3.8) is 0 Å². The lowest BCUT2D eigenvalue weighted by Gasteiger charge is -2.10. The van der Waals surface area contributed by atoms with Gasteiger partial charge in [0.05, 0.1) is 33.3 Å². The largest absolute Gasteiger partial charge is 0.439 e. The Hall–Kier alpha value is -5.30. The molecule has 0 fully saturated rings. The number of para-hydroxylation sites is 1. The standard InChI is InChI=1S/C31H20N6O/c1-19-17-27-31-23(30-25(37(27)35-19)9-6-16-33-30)13-14-29(34-31)38-20-11-12-22-21-7-2-3-8-24(21)36(26(22)18-20)28-10-4-5-15-32-28/h2-18H,1H3. The topological polar surface area (TPSA) is 70.1 Å². The van der Waals surface area contributed by atoms with Crippen molar-refractivity contribution in [2.75, 3.05) is 0 Å². The lowest BCUT2D eigenvalue weighted by Crippen LogP contribution is -1.97. The van der Waals surface area contributed by atoms with Crippen LogP contribution < -0.4 is 4.74 Å². The molecule has 0 aliphatic rings. The Kier molecular flexibility index (Phi) is 4.31. The van der Waals surface area contributed by atoms with E-state index in [4.69, 9.17) is 9.72 Å². The van der Waals surface area contributed by atoms with E-state index in [2.05, 4.69) is 56.0 Å². The van der Waals surface area contributed by atoms with E-state index >= 15 is 0 Å². The van der Waals surface area contributed by atoms with Gasteiger partial charge >= 0.3 is 0 Å². The van der Waals surface area contributed by atoms with Crippen LogP contribution in [0.2, 0.25) is 0 Å². The molecule has 38 heavy (non-hydrogen) atoms. The number of pyridine rings is 4. The number of fused-ring (bicyclic) bond motifs is 9. The maximum Gasteiger partial charge on any atom is 0.219 e. The maximum atomic E-state index is 6.35. The summed E-state index contributed by atoms with van der Waals surface area (Å²) in [6.07, 6.45) is 3.61. The Labute approximate surface area is 216 Å². The van der Waals surface area contributed by atoms with Gasteiger partial charge in [-0.05, 0) is 61.5 Å². The molecule has 7 nitrogen and oxygen atoms in total. The number of hydrogen-bond donors (Lipinski definition) is 0. The molecule has 0 amide bonds. The molecule has 0 N–H and O–H groups in total. The molecule has 6 aromatic heterocycles. The van der Waals surface area contributed by atoms with Crippen LogP contribution in [0, 0.1) is 6.92 Å². The summed E-state index contributed by atoms with van der Waals surface area (Å²) >= 11 is 0. The molecule has 0 aliphatic heterocycles. The molecule has 8 rings (SSSR count). The van der Waals surface area contributed by atoms with Gasteiger partial charge in [-0.25, -0.2) is 14.5 Å². The summed E-state index contributed by atoms with van der Waals surface area (Å²) in [7, 11) is 0. The van der Waals surface area contributed by atoms with Crippen LogP contribution in [0.3, 0.4) is 0 Å². The normalized spacial score (nSPS) is 11.8. The summed E-state index contributed by atoms with van der Waals surface area (Å²) in [6, 6.07) is 30.4. The predicted molar refractivity (Wildman–Crippen MR) is 149 cm³/mol. The van der Waals surface area contributed by atoms with E-state index in [0.29, 0.717) is 11.6 Å². The molecule has 0 saturated carbocycles. The Balaban J connectivity index is 1.31. The molecule has 180 valence electrons. The van der Waals surface area contributed by atoms with Gasteiger partial charge in [0, 0.05) is 40.7 Å². The van der Waals surface area contributed by atoms with Gasteiger partial charge in [0.2, 0.25) is 5.88 Å². The third-order valence-corrected chi connectivity index (χ3v) is 6.96. The SMILES string of the molecule is Cc1cc2c3nc(Oc4ccc5c6ccccc6n(-c6ccccn6)c5c4)ccc3c3ncccc3n2n1. The summed E-state index contributed by atoms with van der Waals surface area (Å²) in [4.78, 5) is 14.2. The van der Waals surface area contributed by atoms with Crippen molar-refractivity contribution in [2.45, 2.75) is 6.92 Å². The van der Waals surface area contributed by atoms with Gasteiger partial charge in [-0.2, -0.15) is 5.10 Å². The van der Waals surface area contributed by atoms with E-state index < -0.39 is 0 Å². The first-order valence-electron chi connectivity index (χ1n) is 12.4. The fourth-order valence-corrected chi connectivity index (χ4v) is 5.38. The van der Waals surface area contributed by atoms with Crippen molar-refractivity contribution in [2.24, 2.45) is 0 Å². The minimum atomic E-state index is 0.508. The van der Waals surface area contributed by atoms with E-state index in [1.54, 1.807) is 6.20 Å². The second kappa shape index (κ2) is 7.85. The van der Waals surface area contributed by atoms with Gasteiger partial charge in [0.15, 0.2) is 0 Å². The number of hydrogen-bond acceptors (Lipinski definition) is 5. The number of aromatic nitrogens is 6. The van der Waals surface area contributed by atoms with E-state index in [-0.39, 0.29) is 0 Å². The summed E-state index contributed by atoms with van der Waals surface area (Å²) in [6.45, 7) is 1.98. The summed E-state index contributed by atoms with van der Waals surface area (Å²) in [5.74, 6) is 2.06. The zero-order chi connectivity index (χ0) is 25.2. The van der Waals surface area contributed by atoms with E-state index in [0.717, 1.165) is 55.4 Å². The number of aryl methyl sites for hydroxylation is 1. The van der Waals surface area contributed by atoms with Gasteiger partial charge in [-0.3, -0.25) is 9.55 Å². The molecule has 2 aromatic carbocycles. The quantitative estimate of drug-likeness (QED) is 0.248. The van der Waals surface area contributed by atoms with Crippen LogP contribution in [0.5, 0.6) is 11.6 Å². The van der Waals surface area contributed by atoms with Crippen molar-refractivity contribution in [3.8, 4) is 17.4 Å². The molecule has 6 heterocycles. The second-order valence-electron chi connectivity index (χ2n) is 9.32. The highest BCUT2D eigenvalue weighted by atomic mass is 16.5. The highest BCUT2D eigenvalue weighted by Crippen LogP contribution is 2.35. The average Bonchev–Trinajstić information content (AvgIpc) is 3.51. The van der Waals surface area contributed by atoms with Crippen molar-refractivity contribution in [1.82, 2.24) is 29.1 Å². The van der Waals surface area contributed by atoms with Crippen molar-refractivity contribution in [1.29, 1.82) is 0 Å². The van der Waals surface area contributed by atoms with Crippen LogP contribution in [0.1, 0.15) is 5.69 Å². The van der Waals surface area contributed by atoms with Crippen LogP contribution in [0.25, 0.3) is 55.1 Å². The molecule has 7 heteroatoms. The first-order chi connectivity index (χ1) is 18.7. The Morgan fingerprint density at radius 1 is 0.632 bits per heavy atom. The van der Waals surface area contributed by atoms with Crippen molar-refractivity contribution < 1.29 is 4.74 Å². The second-order valence-corrected chi connectivity index (χ2v) is 9.32. The monoisotopic (exact) mass is 492 g/mol. The number of ether oxygens (including phenoxy) is 1. The van der Waals surface area contributed by atoms with Gasteiger partial charge in [-0.1, -0.05) is 24.3 Å². The fraction of sp³-hybridized carbons (Fsp3) is 0.0323. The number of rotatable bonds is 3. The first-order valence-corrected chi connectivity index (χ1v) is 12.4. The highest BCUT2D eigenvalue weighted by molar-refractivity contribution is 6.10. The fourth-order valence-electron chi connectivity index (χ4n) is 5.38. The number of nitrogens with zero attached hydrogens (tertiary/aromatic N) is 6. The molecule has 0 spiro atoms. The maximum absolute atomic E-state index is 6.35. The van der Waals surface area contributed by atoms with Crippen LogP contribution in [-0.2, 0) is 0 Å². The zero-order valence-electron chi connectivity index (χ0n) is 20.4. The smallest absolute Gasteiger partial charge is 0.219 e. The van der Waals surface area contributed by atoms with Gasteiger partial charge in [0.1, 0.15) is 17.1 Å². The molecule has 0 bridgehead atoms. The molecule has 0 radical (unpaired) electrons. The third kappa shape index (κ3) is 3.02. The van der Waals surface area contributed by atoms with Gasteiger partial charge in [-0.15, -0.1) is 0 Å². The minimum Gasteiger partial charge on any atom is -0.439 e. The molecule has 0 saturated heterocycles. The summed E-state index contributed by atoms with van der Waals surface area (Å²) in [5, 5.41) is 7.96. The molecule has 0 aliphatic carbocycles. The highest BCUT2D eigenvalue weighted by Gasteiger charge is 2.16. The third-order valence-electron chi connectivity index (χ3n) is 6.96. The zero-order valence-corrected chi connectivity index (χ0v) is 20.4. The lowest BCUT2D eigenvalue weighted by molar-refractivity contribution is 0.466. The Morgan fingerprint density at radius 3 is 2.37 bits per heavy atom. The van der Waals surface area contributed by atoms with E-state index in [9.17, 15) is 0 Å². The van der Waals surface area contributed by atoms with Crippen LogP contribution in [0.15, 0.2) is 103 Å². The molecule has 0 unspecified atom stereocenters. The lowest BCUT2D eigenvalue weighted by atomic mass is 10.1. The van der Waals surface area contributed by atoms with Gasteiger partial charge in [0.25, 0.3) is 0 Å². The van der Waals surface area contributed by atoms with E-state index in [1.165, 1.54) is 5.39 Å². The van der Waals surface area contributed by atoms with Crippen LogP contribution in [-0.4, -0.2) is 29.1 Å². The molecular weight excluding hydrogens is 472 g/mol. The first kappa shape index (κ1) is 20.8. The molecular formula is C31H20N6O. The van der Waals surface area contributed by atoms with Gasteiger partial charge < -0.3 is 4.74 Å². The molecule has 8 aromatic rings. The summed E-state index contributed by atoms with van der Waals surface area (Å²) in [5.41, 5.74) is 6.58. The minimum absolute atomic E-state index is 0.508. The van der Waals surface area contributed by atoms with Crippen molar-refractivity contribution in [3.05, 3.63) is 109 Å².